The second-order valence-electron chi connectivity index (χ2n) is 6.39. The number of aromatic hydroxyl groups is 1. The number of aryl methyl sites for hydroxylation is 1. The van der Waals surface area contributed by atoms with Gasteiger partial charge in [-0.25, -0.2) is 17.8 Å². The molecule has 30 heavy (non-hydrogen) atoms. The van der Waals surface area contributed by atoms with Gasteiger partial charge in [-0.15, -0.1) is 10.2 Å². The average molecular weight is 431 g/mol. The third-order valence-electron chi connectivity index (χ3n) is 4.20. The van der Waals surface area contributed by atoms with Gasteiger partial charge >= 0.3 is 0 Å². The molecule has 0 radical (unpaired) electrons. The Labute approximate surface area is 172 Å². The van der Waals surface area contributed by atoms with E-state index in [1.165, 1.54) is 16.8 Å². The van der Waals surface area contributed by atoms with E-state index in [1.54, 1.807) is 31.2 Å². The van der Waals surface area contributed by atoms with Crippen LogP contribution in [0.1, 0.15) is 12.1 Å². The van der Waals surface area contributed by atoms with Crippen molar-refractivity contribution in [2.24, 2.45) is 10.2 Å². The highest BCUT2D eigenvalue weighted by molar-refractivity contribution is 7.89. The summed E-state index contributed by atoms with van der Waals surface area (Å²) < 4.78 is 28.3. The molecule has 158 valence electrons. The van der Waals surface area contributed by atoms with Crippen LogP contribution >= 0.6 is 0 Å². The van der Waals surface area contributed by atoms with Gasteiger partial charge in [-0.05, 0) is 43.7 Å². The zero-order chi connectivity index (χ0) is 21.7. The first-order valence-corrected chi connectivity index (χ1v) is 10.5. The van der Waals surface area contributed by atoms with Gasteiger partial charge in [0.1, 0.15) is 11.4 Å². The number of sulfonamides is 1. The lowest BCUT2D eigenvalue weighted by molar-refractivity contribution is 0.289. The van der Waals surface area contributed by atoms with Gasteiger partial charge in [-0.3, -0.25) is 9.89 Å². The Kier molecular flexibility index (Phi) is 6.45. The minimum atomic E-state index is -3.85. The van der Waals surface area contributed by atoms with Crippen LogP contribution in [0.25, 0.3) is 5.69 Å². The van der Waals surface area contributed by atoms with Crippen molar-refractivity contribution in [1.29, 1.82) is 0 Å². The van der Waals surface area contributed by atoms with E-state index in [-0.39, 0.29) is 41.6 Å². The first kappa shape index (κ1) is 21.4. The zero-order valence-corrected chi connectivity index (χ0v) is 16.9. The second kappa shape index (κ2) is 9.03. The average Bonchev–Trinajstić information content (AvgIpc) is 3.01. The lowest BCUT2D eigenvalue weighted by Gasteiger charge is -2.07. The highest BCUT2D eigenvalue weighted by Gasteiger charge is 2.16. The zero-order valence-electron chi connectivity index (χ0n) is 16.1. The van der Waals surface area contributed by atoms with Gasteiger partial charge < -0.3 is 10.2 Å². The normalized spacial score (nSPS) is 11.9. The second-order valence-corrected chi connectivity index (χ2v) is 8.15. The quantitative estimate of drug-likeness (QED) is 0.319. The van der Waals surface area contributed by atoms with Crippen LogP contribution in [0.2, 0.25) is 0 Å². The molecule has 3 aromatic rings. The van der Waals surface area contributed by atoms with Gasteiger partial charge in [0.15, 0.2) is 5.69 Å². The van der Waals surface area contributed by atoms with Crippen molar-refractivity contribution in [2.45, 2.75) is 18.2 Å². The van der Waals surface area contributed by atoms with E-state index in [1.807, 2.05) is 6.07 Å². The van der Waals surface area contributed by atoms with Crippen molar-refractivity contribution in [2.75, 3.05) is 13.2 Å². The van der Waals surface area contributed by atoms with Crippen LogP contribution in [0, 0.1) is 6.92 Å². The number of H-pyrrole nitrogens is 1. The van der Waals surface area contributed by atoms with Gasteiger partial charge in [-0.1, -0.05) is 18.2 Å². The maximum Gasteiger partial charge on any atom is 0.299 e. The van der Waals surface area contributed by atoms with E-state index in [0.29, 0.717) is 11.4 Å². The van der Waals surface area contributed by atoms with Crippen LogP contribution in [-0.2, 0) is 10.0 Å². The summed E-state index contributed by atoms with van der Waals surface area (Å²) in [6.45, 7) is 1.58. The van der Waals surface area contributed by atoms with Crippen molar-refractivity contribution in [1.82, 2.24) is 14.5 Å². The molecule has 0 bridgehead atoms. The molecule has 3 rings (SSSR count). The lowest BCUT2D eigenvalue weighted by Crippen LogP contribution is -2.25. The van der Waals surface area contributed by atoms with Crippen molar-refractivity contribution >= 4 is 21.4 Å². The molecule has 0 aliphatic rings. The highest BCUT2D eigenvalue weighted by Crippen LogP contribution is 2.30. The third-order valence-corrected chi connectivity index (χ3v) is 5.66. The summed E-state index contributed by atoms with van der Waals surface area (Å²) in [5.74, 6) is -0.287. The number of azo groups is 1. The number of aromatic amines is 1. The molecule has 0 amide bonds. The molecular weight excluding hydrogens is 410 g/mol. The smallest absolute Gasteiger partial charge is 0.299 e. The van der Waals surface area contributed by atoms with Gasteiger partial charge in [0.2, 0.25) is 10.0 Å². The Hall–Kier alpha value is -3.28. The largest absolute Gasteiger partial charge is 0.506 e. The van der Waals surface area contributed by atoms with E-state index in [4.69, 9.17) is 5.11 Å². The van der Waals surface area contributed by atoms with Crippen molar-refractivity contribution in [3.05, 3.63) is 64.6 Å². The summed E-state index contributed by atoms with van der Waals surface area (Å²) in [4.78, 5) is 12.5. The fraction of sp³-hybridized carbons (Fsp3) is 0.211. The molecule has 10 nitrogen and oxygen atoms in total. The summed E-state index contributed by atoms with van der Waals surface area (Å²) >= 11 is 0. The predicted molar refractivity (Wildman–Crippen MR) is 110 cm³/mol. The topological polar surface area (TPSA) is 149 Å². The van der Waals surface area contributed by atoms with E-state index < -0.39 is 15.6 Å². The summed E-state index contributed by atoms with van der Waals surface area (Å²) in [5.41, 5.74) is 0.578. The number of para-hydroxylation sites is 1. The van der Waals surface area contributed by atoms with Crippen LogP contribution < -0.4 is 10.3 Å². The number of phenolic OH excluding ortho intramolecular Hbond substituents is 1. The molecule has 0 spiro atoms. The van der Waals surface area contributed by atoms with E-state index >= 15 is 0 Å². The Bertz CT molecular complexity index is 1220. The number of aromatic nitrogens is 2. The molecule has 1 aromatic heterocycles. The van der Waals surface area contributed by atoms with Crippen LogP contribution in [0.15, 0.2) is 68.4 Å². The molecule has 0 saturated heterocycles. The van der Waals surface area contributed by atoms with Crippen LogP contribution in [0.5, 0.6) is 5.75 Å². The van der Waals surface area contributed by atoms with E-state index in [9.17, 15) is 18.3 Å². The van der Waals surface area contributed by atoms with Gasteiger partial charge in [-0.2, -0.15) is 0 Å². The molecule has 2 aromatic carbocycles. The number of phenols is 1. The molecule has 11 heteroatoms. The summed E-state index contributed by atoms with van der Waals surface area (Å²) in [6, 6.07) is 12.5. The minimum absolute atomic E-state index is 0.0348. The molecule has 0 atom stereocenters. The first-order chi connectivity index (χ1) is 14.3. The van der Waals surface area contributed by atoms with Crippen LogP contribution in [-0.4, -0.2) is 41.6 Å². The van der Waals surface area contributed by atoms with Crippen molar-refractivity contribution < 1.29 is 18.6 Å². The lowest BCUT2D eigenvalue weighted by atomic mass is 10.3. The van der Waals surface area contributed by atoms with Crippen LogP contribution in [0.3, 0.4) is 0 Å². The maximum absolute atomic E-state index is 12.7. The molecule has 0 unspecified atom stereocenters. The monoisotopic (exact) mass is 431 g/mol. The molecule has 0 aliphatic heterocycles. The molecule has 0 aliphatic carbocycles. The van der Waals surface area contributed by atoms with Gasteiger partial charge in [0.05, 0.1) is 16.3 Å². The third kappa shape index (κ3) is 4.64. The fourth-order valence-corrected chi connectivity index (χ4v) is 3.73. The van der Waals surface area contributed by atoms with Gasteiger partial charge in [0, 0.05) is 13.2 Å². The highest BCUT2D eigenvalue weighted by atomic mass is 32.2. The standard InChI is InChI=1S/C19H21N5O5S/c1-13-18(19(27)24(23-13)14-6-3-2-4-7-14)22-21-16-12-15(8-9-17(16)26)30(28,29)20-10-5-11-25/h2-4,6-9,12,20,23,25-26H,5,10-11H2,1H3. The van der Waals surface area contributed by atoms with Crippen LogP contribution in [0.4, 0.5) is 11.4 Å². The first-order valence-electron chi connectivity index (χ1n) is 9.06. The molecule has 0 fully saturated rings. The minimum Gasteiger partial charge on any atom is -0.506 e. The number of rotatable bonds is 8. The summed E-state index contributed by atoms with van der Waals surface area (Å²) in [5, 5.41) is 29.5. The number of hydrogen-bond acceptors (Lipinski definition) is 7. The predicted octanol–water partition coefficient (Wildman–Crippen LogP) is 2.26. The maximum atomic E-state index is 12.7. The SMILES string of the molecule is Cc1[nH]n(-c2ccccc2)c(=O)c1N=Nc1cc(S(=O)(=O)NCCCO)ccc1O. The molecule has 1 heterocycles. The molecular formula is C19H21N5O5S. The fourth-order valence-electron chi connectivity index (χ4n) is 2.64. The number of nitrogens with zero attached hydrogens (tertiary/aromatic N) is 3. The molecule has 0 saturated carbocycles. The Morgan fingerprint density at radius 2 is 1.87 bits per heavy atom. The number of hydrogen-bond donors (Lipinski definition) is 4. The van der Waals surface area contributed by atoms with E-state index in [0.717, 1.165) is 6.07 Å². The summed E-state index contributed by atoms with van der Waals surface area (Å²) in [6.07, 6.45) is 0.268. The number of aliphatic hydroxyl groups is 1. The number of aliphatic hydroxyl groups excluding tert-OH is 1. The Morgan fingerprint density at radius 1 is 1.13 bits per heavy atom. The number of benzene rings is 2. The Morgan fingerprint density at radius 3 is 2.57 bits per heavy atom. The number of nitrogens with one attached hydrogen (secondary N) is 2. The van der Waals surface area contributed by atoms with Crippen molar-refractivity contribution in [3.63, 3.8) is 0 Å². The van der Waals surface area contributed by atoms with Crippen molar-refractivity contribution in [3.8, 4) is 11.4 Å². The Balaban J connectivity index is 1.92. The van der Waals surface area contributed by atoms with Gasteiger partial charge in [0.25, 0.3) is 5.56 Å². The van der Waals surface area contributed by atoms with E-state index in [2.05, 4.69) is 20.0 Å². The summed E-state index contributed by atoms with van der Waals surface area (Å²) in [7, 11) is -3.85. The molecule has 4 N–H and O–H groups in total.